The topological polar surface area (TPSA) is 66.1 Å². The maximum absolute atomic E-state index is 12.0. The lowest BCUT2D eigenvalue weighted by Gasteiger charge is -2.23. The number of piperidine rings is 1. The number of nitrogens with zero attached hydrogens (tertiary/aromatic N) is 1. The fourth-order valence-corrected chi connectivity index (χ4v) is 2.83. The minimum atomic E-state index is -0.304. The molecule has 0 spiro atoms. The largest absolute Gasteiger partial charge is 0.323 e. The predicted molar refractivity (Wildman–Crippen MR) is 93.2 cm³/mol. The summed E-state index contributed by atoms with van der Waals surface area (Å²) in [5.41, 5.74) is 2.67. The van der Waals surface area contributed by atoms with Gasteiger partial charge in [-0.05, 0) is 55.1 Å². The number of rotatable bonds is 3. The number of urea groups is 1. The maximum atomic E-state index is 12.0. The Morgan fingerprint density at radius 1 is 1.13 bits per heavy atom. The zero-order chi connectivity index (χ0) is 16.1. The molecule has 5 nitrogen and oxygen atoms in total. The van der Waals surface area contributed by atoms with Gasteiger partial charge in [-0.25, -0.2) is 9.78 Å². The lowest BCUT2D eigenvalue weighted by Crippen LogP contribution is -2.28. The average molecular weight is 331 g/mol. The number of aromatic nitrogens is 1. The van der Waals surface area contributed by atoms with E-state index in [1.165, 1.54) is 24.6 Å². The van der Waals surface area contributed by atoms with Gasteiger partial charge in [0.05, 0.1) is 11.9 Å². The third-order valence-corrected chi connectivity index (χ3v) is 4.15. The molecular weight excluding hydrogens is 312 g/mol. The molecule has 1 aliphatic heterocycles. The summed E-state index contributed by atoms with van der Waals surface area (Å²) in [5, 5.41) is 9.33. The third kappa shape index (κ3) is 4.43. The SMILES string of the molecule is O=C(Nc1ccc([C@H]2CCCNC2)cc1)Nc1ccc(Cl)nc1. The highest BCUT2D eigenvalue weighted by atomic mass is 35.5. The van der Waals surface area contributed by atoms with Gasteiger partial charge in [0, 0.05) is 12.2 Å². The van der Waals surface area contributed by atoms with Crippen LogP contribution in [-0.4, -0.2) is 24.1 Å². The van der Waals surface area contributed by atoms with E-state index in [1.54, 1.807) is 12.1 Å². The lowest BCUT2D eigenvalue weighted by molar-refractivity contribution is 0.262. The van der Waals surface area contributed by atoms with Crippen molar-refractivity contribution in [1.29, 1.82) is 0 Å². The highest BCUT2D eigenvalue weighted by Gasteiger charge is 2.14. The second-order valence-corrected chi connectivity index (χ2v) is 6.00. The van der Waals surface area contributed by atoms with E-state index >= 15 is 0 Å². The molecule has 2 heterocycles. The van der Waals surface area contributed by atoms with Gasteiger partial charge in [-0.15, -0.1) is 0 Å². The molecule has 1 atom stereocenters. The van der Waals surface area contributed by atoms with Crippen molar-refractivity contribution in [2.24, 2.45) is 0 Å². The van der Waals surface area contributed by atoms with Crippen LogP contribution in [-0.2, 0) is 0 Å². The maximum Gasteiger partial charge on any atom is 0.323 e. The molecule has 2 aromatic rings. The molecule has 6 heteroatoms. The highest BCUT2D eigenvalue weighted by molar-refractivity contribution is 6.29. The first-order valence-corrected chi connectivity index (χ1v) is 8.09. The van der Waals surface area contributed by atoms with Gasteiger partial charge in [-0.3, -0.25) is 0 Å². The zero-order valence-electron chi connectivity index (χ0n) is 12.7. The second-order valence-electron chi connectivity index (χ2n) is 5.61. The van der Waals surface area contributed by atoms with Gasteiger partial charge in [-0.2, -0.15) is 0 Å². The Kier molecular flexibility index (Phi) is 5.10. The average Bonchev–Trinajstić information content (AvgIpc) is 2.58. The molecule has 2 amide bonds. The van der Waals surface area contributed by atoms with Crippen LogP contribution in [0.2, 0.25) is 5.15 Å². The first kappa shape index (κ1) is 15.8. The Morgan fingerprint density at radius 3 is 2.52 bits per heavy atom. The minimum Gasteiger partial charge on any atom is -0.316 e. The summed E-state index contributed by atoms with van der Waals surface area (Å²) >= 11 is 5.71. The van der Waals surface area contributed by atoms with Gasteiger partial charge < -0.3 is 16.0 Å². The van der Waals surface area contributed by atoms with Crippen LogP contribution < -0.4 is 16.0 Å². The molecule has 0 saturated carbocycles. The molecule has 0 aliphatic carbocycles. The molecule has 120 valence electrons. The Morgan fingerprint density at radius 2 is 1.87 bits per heavy atom. The predicted octanol–water partition coefficient (Wildman–Crippen LogP) is 3.85. The van der Waals surface area contributed by atoms with Crippen LogP contribution in [0.25, 0.3) is 0 Å². The Bertz CT molecular complexity index is 651. The molecule has 1 fully saturated rings. The minimum absolute atomic E-state index is 0.304. The number of hydrogen-bond acceptors (Lipinski definition) is 3. The molecule has 1 aromatic carbocycles. The molecule has 1 saturated heterocycles. The standard InChI is InChI=1S/C17H19ClN4O/c18-16-8-7-15(11-20-16)22-17(23)21-14-5-3-12(4-6-14)13-2-1-9-19-10-13/h3-8,11,13,19H,1-2,9-10H2,(H2,21,22,23)/t13-/m0/s1. The second kappa shape index (κ2) is 7.44. The number of halogens is 1. The fourth-order valence-electron chi connectivity index (χ4n) is 2.72. The molecule has 0 bridgehead atoms. The summed E-state index contributed by atoms with van der Waals surface area (Å²) in [6.07, 6.45) is 3.94. The Balaban J connectivity index is 1.57. The van der Waals surface area contributed by atoms with Crippen molar-refractivity contribution in [3.63, 3.8) is 0 Å². The number of anilines is 2. The summed E-state index contributed by atoms with van der Waals surface area (Å²) in [5.74, 6) is 0.562. The van der Waals surface area contributed by atoms with Crippen LogP contribution in [0.3, 0.4) is 0 Å². The zero-order valence-corrected chi connectivity index (χ0v) is 13.4. The van der Waals surface area contributed by atoms with Crippen LogP contribution in [0.5, 0.6) is 0 Å². The van der Waals surface area contributed by atoms with Crippen molar-refractivity contribution in [3.8, 4) is 0 Å². The molecule has 1 aliphatic rings. The summed E-state index contributed by atoms with van der Waals surface area (Å²) in [6.45, 7) is 2.13. The quantitative estimate of drug-likeness (QED) is 0.749. The van der Waals surface area contributed by atoms with Crippen LogP contribution in [0.1, 0.15) is 24.3 Å². The molecule has 0 radical (unpaired) electrons. The number of carbonyl (C=O) groups excluding carboxylic acids is 1. The van der Waals surface area contributed by atoms with Crippen molar-refractivity contribution >= 4 is 29.0 Å². The first-order valence-electron chi connectivity index (χ1n) is 7.71. The smallest absolute Gasteiger partial charge is 0.316 e. The van der Waals surface area contributed by atoms with Crippen molar-refractivity contribution < 1.29 is 4.79 Å². The number of amides is 2. The fraction of sp³-hybridized carbons (Fsp3) is 0.294. The van der Waals surface area contributed by atoms with E-state index in [0.717, 1.165) is 18.8 Å². The Hall–Kier alpha value is -2.11. The first-order chi connectivity index (χ1) is 11.2. The van der Waals surface area contributed by atoms with Gasteiger partial charge in [0.15, 0.2) is 0 Å². The number of nitrogens with one attached hydrogen (secondary N) is 3. The number of hydrogen-bond donors (Lipinski definition) is 3. The molecule has 3 N–H and O–H groups in total. The lowest BCUT2D eigenvalue weighted by atomic mass is 9.92. The molecule has 0 unspecified atom stereocenters. The summed E-state index contributed by atoms with van der Waals surface area (Å²) in [7, 11) is 0. The van der Waals surface area contributed by atoms with Crippen molar-refractivity contribution in [3.05, 3.63) is 53.3 Å². The van der Waals surface area contributed by atoms with Gasteiger partial charge >= 0.3 is 6.03 Å². The highest BCUT2D eigenvalue weighted by Crippen LogP contribution is 2.24. The number of pyridine rings is 1. The van der Waals surface area contributed by atoms with Crippen LogP contribution in [0.15, 0.2) is 42.6 Å². The Labute approximate surface area is 140 Å². The summed E-state index contributed by atoms with van der Waals surface area (Å²) in [6, 6.07) is 11.1. The van der Waals surface area contributed by atoms with E-state index in [1.807, 2.05) is 12.1 Å². The van der Waals surface area contributed by atoms with Crippen LogP contribution >= 0.6 is 11.6 Å². The summed E-state index contributed by atoms with van der Waals surface area (Å²) < 4.78 is 0. The van der Waals surface area contributed by atoms with Gasteiger partial charge in [0.25, 0.3) is 0 Å². The molecule has 23 heavy (non-hydrogen) atoms. The normalized spacial score (nSPS) is 17.5. The van der Waals surface area contributed by atoms with Crippen LogP contribution in [0, 0.1) is 0 Å². The van der Waals surface area contributed by atoms with E-state index in [9.17, 15) is 4.79 Å². The van der Waals surface area contributed by atoms with Crippen molar-refractivity contribution in [2.45, 2.75) is 18.8 Å². The van der Waals surface area contributed by atoms with E-state index in [0.29, 0.717) is 16.8 Å². The van der Waals surface area contributed by atoms with Crippen molar-refractivity contribution in [2.75, 3.05) is 23.7 Å². The van der Waals surface area contributed by atoms with E-state index in [-0.39, 0.29) is 6.03 Å². The van der Waals surface area contributed by atoms with Gasteiger partial charge in [0.2, 0.25) is 0 Å². The third-order valence-electron chi connectivity index (χ3n) is 3.92. The van der Waals surface area contributed by atoms with E-state index < -0.39 is 0 Å². The van der Waals surface area contributed by atoms with E-state index in [2.05, 4.69) is 33.1 Å². The molecule has 3 rings (SSSR count). The molecular formula is C17H19ClN4O. The monoisotopic (exact) mass is 330 g/mol. The van der Waals surface area contributed by atoms with E-state index in [4.69, 9.17) is 11.6 Å². The van der Waals surface area contributed by atoms with Crippen LogP contribution in [0.4, 0.5) is 16.2 Å². The molecule has 1 aromatic heterocycles. The number of carbonyl (C=O) groups is 1. The van der Waals surface area contributed by atoms with Crippen molar-refractivity contribution in [1.82, 2.24) is 10.3 Å². The number of benzene rings is 1. The summed E-state index contributed by atoms with van der Waals surface area (Å²) in [4.78, 5) is 15.9. The van der Waals surface area contributed by atoms with Gasteiger partial charge in [0.1, 0.15) is 5.15 Å². The van der Waals surface area contributed by atoms with Gasteiger partial charge in [-0.1, -0.05) is 23.7 Å².